The fraction of sp³-hybridized carbons (Fsp3) is 1.00. The third kappa shape index (κ3) is 4.09. The number of hydrogen-bond donors (Lipinski definition) is 2. The second-order valence-electron chi connectivity index (χ2n) is 5.42. The molecule has 2 fully saturated rings. The molecule has 0 aromatic carbocycles. The molecule has 0 radical (unpaired) electrons. The van der Waals surface area contributed by atoms with Gasteiger partial charge in [0.25, 0.3) is 0 Å². The summed E-state index contributed by atoms with van der Waals surface area (Å²) in [5.74, 6) is 0. The molecule has 1 saturated carbocycles. The number of hydrogen-bond acceptors (Lipinski definition) is 3. The number of nitrogens with zero attached hydrogens (tertiary/aromatic N) is 1. The van der Waals surface area contributed by atoms with Crippen LogP contribution in [0.1, 0.15) is 39.0 Å². The highest BCUT2D eigenvalue weighted by Crippen LogP contribution is 2.21. The van der Waals surface area contributed by atoms with Gasteiger partial charge in [-0.25, -0.2) is 0 Å². The van der Waals surface area contributed by atoms with E-state index in [0.717, 1.165) is 38.5 Å². The van der Waals surface area contributed by atoms with Crippen molar-refractivity contribution in [2.45, 2.75) is 50.7 Å². The molecule has 0 aromatic heterocycles. The van der Waals surface area contributed by atoms with Crippen molar-refractivity contribution in [3.05, 3.63) is 0 Å². The Morgan fingerprint density at radius 2 is 2.00 bits per heavy atom. The Hall–Kier alpha value is -0.120. The highest BCUT2D eigenvalue weighted by molar-refractivity contribution is 4.82. The van der Waals surface area contributed by atoms with Crippen molar-refractivity contribution in [2.75, 3.05) is 26.2 Å². The number of aliphatic hydroxyl groups is 1. The van der Waals surface area contributed by atoms with Gasteiger partial charge in [0, 0.05) is 19.1 Å². The van der Waals surface area contributed by atoms with Gasteiger partial charge < -0.3 is 15.3 Å². The Balaban J connectivity index is 1.52. The molecule has 0 bridgehead atoms. The van der Waals surface area contributed by atoms with Crippen LogP contribution in [0.4, 0.5) is 0 Å². The summed E-state index contributed by atoms with van der Waals surface area (Å²) in [6.07, 6.45) is 5.88. The lowest BCUT2D eigenvalue weighted by Gasteiger charge is -2.35. The predicted molar refractivity (Wildman–Crippen MR) is 61.9 cm³/mol. The van der Waals surface area contributed by atoms with E-state index in [9.17, 15) is 5.11 Å². The van der Waals surface area contributed by atoms with E-state index in [0.29, 0.717) is 0 Å². The van der Waals surface area contributed by atoms with Crippen molar-refractivity contribution in [3.8, 4) is 0 Å². The Labute approximate surface area is 92.8 Å². The Bertz CT molecular complexity index is 192. The van der Waals surface area contributed by atoms with E-state index in [1.807, 2.05) is 6.92 Å². The molecule has 1 aliphatic heterocycles. The smallest absolute Gasteiger partial charge is 0.0644 e. The van der Waals surface area contributed by atoms with Crippen LogP contribution in [0, 0.1) is 0 Å². The lowest BCUT2D eigenvalue weighted by molar-refractivity contribution is -0.00537. The maximum absolute atomic E-state index is 9.81. The topological polar surface area (TPSA) is 35.5 Å². The minimum Gasteiger partial charge on any atom is -0.390 e. The van der Waals surface area contributed by atoms with Crippen LogP contribution in [-0.4, -0.2) is 47.8 Å². The normalized spacial score (nSPS) is 26.8. The van der Waals surface area contributed by atoms with Gasteiger partial charge in [0.2, 0.25) is 0 Å². The van der Waals surface area contributed by atoms with Crippen molar-refractivity contribution >= 4 is 0 Å². The summed E-state index contributed by atoms with van der Waals surface area (Å²) in [6.45, 7) is 6.44. The van der Waals surface area contributed by atoms with Crippen molar-refractivity contribution < 1.29 is 5.11 Å². The number of likely N-dealkylation sites (tertiary alicyclic amines) is 1. The summed E-state index contributed by atoms with van der Waals surface area (Å²) in [7, 11) is 0. The molecule has 2 aliphatic rings. The van der Waals surface area contributed by atoms with Crippen molar-refractivity contribution in [3.63, 3.8) is 0 Å². The van der Waals surface area contributed by atoms with Gasteiger partial charge in [-0.05, 0) is 52.1 Å². The van der Waals surface area contributed by atoms with Gasteiger partial charge in [-0.3, -0.25) is 0 Å². The molecule has 1 saturated heterocycles. The number of piperidine rings is 1. The van der Waals surface area contributed by atoms with Gasteiger partial charge in [0.15, 0.2) is 0 Å². The Morgan fingerprint density at radius 3 is 2.60 bits per heavy atom. The highest BCUT2D eigenvalue weighted by Gasteiger charge is 2.26. The first-order chi connectivity index (χ1) is 7.16. The molecule has 15 heavy (non-hydrogen) atoms. The summed E-state index contributed by atoms with van der Waals surface area (Å²) in [5, 5.41) is 13.3. The number of rotatable bonds is 5. The van der Waals surface area contributed by atoms with Gasteiger partial charge in [0.05, 0.1) is 5.60 Å². The molecule has 0 atom stereocenters. The van der Waals surface area contributed by atoms with Crippen LogP contribution in [0.5, 0.6) is 0 Å². The third-order valence-electron chi connectivity index (χ3n) is 3.59. The molecule has 1 aliphatic carbocycles. The minimum atomic E-state index is -0.400. The van der Waals surface area contributed by atoms with Gasteiger partial charge in [0.1, 0.15) is 0 Å². The molecular weight excluding hydrogens is 188 g/mol. The largest absolute Gasteiger partial charge is 0.390 e. The van der Waals surface area contributed by atoms with Crippen molar-refractivity contribution in [1.82, 2.24) is 10.2 Å². The average molecular weight is 212 g/mol. The van der Waals surface area contributed by atoms with E-state index in [4.69, 9.17) is 0 Å². The lowest BCUT2D eigenvalue weighted by atomic mass is 9.94. The molecule has 3 nitrogen and oxygen atoms in total. The summed E-state index contributed by atoms with van der Waals surface area (Å²) >= 11 is 0. The molecule has 0 spiro atoms. The van der Waals surface area contributed by atoms with Gasteiger partial charge in [-0.1, -0.05) is 0 Å². The average Bonchev–Trinajstić information content (AvgIpc) is 2.98. The Morgan fingerprint density at radius 1 is 1.33 bits per heavy atom. The third-order valence-corrected chi connectivity index (χ3v) is 3.59. The standard InChI is InChI=1S/C12H24N2O/c1-12(15)5-9-14(10-6-12)8-2-7-13-11-3-4-11/h11,13,15H,2-10H2,1H3. The molecule has 0 aromatic rings. The zero-order valence-electron chi connectivity index (χ0n) is 9.84. The summed E-state index contributed by atoms with van der Waals surface area (Å²) in [5.41, 5.74) is -0.400. The van der Waals surface area contributed by atoms with Gasteiger partial charge in [-0.15, -0.1) is 0 Å². The molecule has 2 rings (SSSR count). The van der Waals surface area contributed by atoms with Crippen molar-refractivity contribution in [2.24, 2.45) is 0 Å². The van der Waals surface area contributed by atoms with Gasteiger partial charge >= 0.3 is 0 Å². The first kappa shape index (κ1) is 11.4. The minimum absolute atomic E-state index is 0.400. The van der Waals surface area contributed by atoms with E-state index in [1.54, 1.807) is 0 Å². The van der Waals surface area contributed by atoms with Crippen LogP contribution < -0.4 is 5.32 Å². The molecule has 0 unspecified atom stereocenters. The fourth-order valence-corrected chi connectivity index (χ4v) is 2.15. The van der Waals surface area contributed by atoms with Crippen LogP contribution in [0.3, 0.4) is 0 Å². The second-order valence-corrected chi connectivity index (χ2v) is 5.42. The molecule has 1 heterocycles. The molecule has 2 N–H and O–H groups in total. The molecule has 88 valence electrons. The monoisotopic (exact) mass is 212 g/mol. The first-order valence-electron chi connectivity index (χ1n) is 6.34. The number of nitrogens with one attached hydrogen (secondary N) is 1. The summed E-state index contributed by atoms with van der Waals surface area (Å²) < 4.78 is 0. The molecule has 3 heteroatoms. The highest BCUT2D eigenvalue weighted by atomic mass is 16.3. The van der Waals surface area contributed by atoms with Crippen molar-refractivity contribution in [1.29, 1.82) is 0 Å². The summed E-state index contributed by atoms with van der Waals surface area (Å²) in [4.78, 5) is 2.48. The van der Waals surface area contributed by atoms with Crippen LogP contribution >= 0.6 is 0 Å². The quantitative estimate of drug-likeness (QED) is 0.667. The first-order valence-corrected chi connectivity index (χ1v) is 6.34. The SMILES string of the molecule is CC1(O)CCN(CCCNC2CC2)CC1. The fourth-order valence-electron chi connectivity index (χ4n) is 2.15. The van der Waals surface area contributed by atoms with E-state index < -0.39 is 5.60 Å². The zero-order valence-corrected chi connectivity index (χ0v) is 9.84. The maximum atomic E-state index is 9.81. The van der Waals surface area contributed by atoms with Gasteiger partial charge in [-0.2, -0.15) is 0 Å². The van der Waals surface area contributed by atoms with Crippen LogP contribution in [0.15, 0.2) is 0 Å². The van der Waals surface area contributed by atoms with Crippen LogP contribution in [0.2, 0.25) is 0 Å². The summed E-state index contributed by atoms with van der Waals surface area (Å²) in [6, 6.07) is 0.840. The van der Waals surface area contributed by atoms with E-state index >= 15 is 0 Å². The second kappa shape index (κ2) is 4.81. The zero-order chi connectivity index (χ0) is 10.7. The molecule has 0 amide bonds. The molecular formula is C12H24N2O. The predicted octanol–water partition coefficient (Wildman–Crippen LogP) is 0.975. The maximum Gasteiger partial charge on any atom is 0.0644 e. The van der Waals surface area contributed by atoms with Crippen LogP contribution in [0.25, 0.3) is 0 Å². The van der Waals surface area contributed by atoms with E-state index in [1.165, 1.54) is 25.8 Å². The Kier molecular flexibility index (Phi) is 3.65. The van der Waals surface area contributed by atoms with E-state index in [2.05, 4.69) is 10.2 Å². The van der Waals surface area contributed by atoms with E-state index in [-0.39, 0.29) is 0 Å². The lowest BCUT2D eigenvalue weighted by Crippen LogP contribution is -2.43. The van der Waals surface area contributed by atoms with Crippen LogP contribution in [-0.2, 0) is 0 Å².